The van der Waals surface area contributed by atoms with E-state index in [1.165, 1.54) is 28.7 Å². The normalized spacial score (nSPS) is 23.4. The van der Waals surface area contributed by atoms with Gasteiger partial charge in [-0.2, -0.15) is 0 Å². The van der Waals surface area contributed by atoms with Crippen LogP contribution in [0.3, 0.4) is 0 Å². The van der Waals surface area contributed by atoms with Crippen LogP contribution < -0.4 is 5.32 Å². The van der Waals surface area contributed by atoms with Gasteiger partial charge in [0.05, 0.1) is 6.20 Å². The summed E-state index contributed by atoms with van der Waals surface area (Å²) < 4.78 is 0. The average Bonchev–Trinajstić information content (AvgIpc) is 2.67. The summed E-state index contributed by atoms with van der Waals surface area (Å²) in [5, 5.41) is 3.49. The third kappa shape index (κ3) is 2.04. The Morgan fingerprint density at radius 1 is 0.875 bits per heavy atom. The number of rotatable bonds is 3. The average molecular weight is 313 g/mol. The lowest BCUT2D eigenvalue weighted by atomic mass is 9.59. The summed E-state index contributed by atoms with van der Waals surface area (Å²) >= 11 is 0. The first-order chi connectivity index (χ1) is 11.9. The molecule has 0 amide bonds. The van der Waals surface area contributed by atoms with E-state index in [2.05, 4.69) is 63.8 Å². The summed E-state index contributed by atoms with van der Waals surface area (Å²) in [6.45, 7) is 0.933. The molecule has 3 aliphatic carbocycles. The molecule has 0 fully saturated rings. The Morgan fingerprint density at radius 2 is 1.54 bits per heavy atom. The van der Waals surface area contributed by atoms with E-state index in [0.29, 0.717) is 17.8 Å². The quantitative estimate of drug-likeness (QED) is 0.788. The van der Waals surface area contributed by atoms with Crippen LogP contribution in [0.1, 0.15) is 40.5 Å². The first kappa shape index (κ1) is 13.7. The zero-order chi connectivity index (χ0) is 15.9. The monoisotopic (exact) mass is 313 g/mol. The minimum atomic E-state index is 0.478. The van der Waals surface area contributed by atoms with Crippen LogP contribution >= 0.6 is 0 Å². The zero-order valence-corrected chi connectivity index (χ0v) is 13.4. The molecule has 3 aromatic rings. The second kappa shape index (κ2) is 5.45. The van der Waals surface area contributed by atoms with Crippen molar-refractivity contribution in [2.75, 3.05) is 11.9 Å². The number of fused-ring (bicyclic) bond motifs is 1. The van der Waals surface area contributed by atoms with Crippen LogP contribution in [0.15, 0.2) is 67.1 Å². The maximum Gasteiger partial charge on any atom is 0.144 e. The Bertz CT molecular complexity index is 828. The van der Waals surface area contributed by atoms with E-state index in [1.54, 1.807) is 18.6 Å². The molecule has 0 saturated carbocycles. The molecule has 3 aliphatic rings. The standard InChI is InChI=1S/C21H19N3/c1-3-7-17-15(5-1)19-11-14(12-24-20-13-22-9-10-23-20)21(17)18-8-4-2-6-16(18)19/h1-10,13-14,19,21H,11-12H2,(H,23,24). The largest absolute Gasteiger partial charge is 0.368 e. The third-order valence-corrected chi connectivity index (χ3v) is 5.53. The van der Waals surface area contributed by atoms with Gasteiger partial charge >= 0.3 is 0 Å². The van der Waals surface area contributed by atoms with Gasteiger partial charge in [0.2, 0.25) is 0 Å². The molecule has 6 rings (SSSR count). The number of benzene rings is 2. The molecule has 0 aliphatic heterocycles. The predicted molar refractivity (Wildman–Crippen MR) is 95.2 cm³/mol. The van der Waals surface area contributed by atoms with Gasteiger partial charge in [0, 0.05) is 30.8 Å². The van der Waals surface area contributed by atoms with Crippen molar-refractivity contribution in [2.45, 2.75) is 18.3 Å². The molecule has 2 bridgehead atoms. The van der Waals surface area contributed by atoms with Gasteiger partial charge in [-0.15, -0.1) is 0 Å². The number of aromatic nitrogens is 2. The Kier molecular flexibility index (Phi) is 3.12. The van der Waals surface area contributed by atoms with Crippen LogP contribution in [-0.4, -0.2) is 16.5 Å². The molecule has 0 spiro atoms. The lowest BCUT2D eigenvalue weighted by molar-refractivity contribution is 0.372. The molecule has 118 valence electrons. The second-order valence-corrected chi connectivity index (χ2v) is 6.76. The van der Waals surface area contributed by atoms with Gasteiger partial charge < -0.3 is 5.32 Å². The Hall–Kier alpha value is -2.68. The molecular weight excluding hydrogens is 294 g/mol. The third-order valence-electron chi connectivity index (χ3n) is 5.53. The highest BCUT2D eigenvalue weighted by Crippen LogP contribution is 2.55. The molecule has 0 radical (unpaired) electrons. The van der Waals surface area contributed by atoms with Gasteiger partial charge in [0.1, 0.15) is 5.82 Å². The predicted octanol–water partition coefficient (Wildman–Crippen LogP) is 4.19. The number of nitrogens with zero attached hydrogens (tertiary/aromatic N) is 2. The molecular formula is C21H19N3. The maximum atomic E-state index is 4.34. The van der Waals surface area contributed by atoms with Crippen molar-refractivity contribution in [3.05, 3.63) is 89.4 Å². The van der Waals surface area contributed by atoms with Crippen LogP contribution in [0.25, 0.3) is 0 Å². The topological polar surface area (TPSA) is 37.8 Å². The molecule has 1 heterocycles. The summed E-state index contributed by atoms with van der Waals surface area (Å²) in [6.07, 6.45) is 6.44. The second-order valence-electron chi connectivity index (χ2n) is 6.76. The van der Waals surface area contributed by atoms with Crippen molar-refractivity contribution in [1.82, 2.24) is 9.97 Å². The first-order valence-corrected chi connectivity index (χ1v) is 8.59. The van der Waals surface area contributed by atoms with E-state index in [4.69, 9.17) is 0 Å². The minimum absolute atomic E-state index is 0.478. The van der Waals surface area contributed by atoms with Crippen molar-refractivity contribution in [1.29, 1.82) is 0 Å². The molecule has 0 saturated heterocycles. The van der Waals surface area contributed by atoms with Gasteiger partial charge in [-0.05, 0) is 34.6 Å². The Labute approximate surface area is 141 Å². The van der Waals surface area contributed by atoms with Gasteiger partial charge in [-0.25, -0.2) is 4.98 Å². The number of hydrogen-bond acceptors (Lipinski definition) is 3. The van der Waals surface area contributed by atoms with Crippen molar-refractivity contribution >= 4 is 5.82 Å². The van der Waals surface area contributed by atoms with Crippen LogP contribution in [0.2, 0.25) is 0 Å². The number of anilines is 1. The number of nitrogens with one attached hydrogen (secondary N) is 1. The van der Waals surface area contributed by atoms with E-state index < -0.39 is 0 Å². The summed E-state index contributed by atoms with van der Waals surface area (Å²) in [7, 11) is 0. The molecule has 3 heteroatoms. The van der Waals surface area contributed by atoms with Gasteiger partial charge in [0.25, 0.3) is 0 Å². The SMILES string of the molecule is c1ccc2c(c1)C1CC(CNc3cnccn3)C2c2ccccc21. The zero-order valence-electron chi connectivity index (χ0n) is 13.4. The Balaban J connectivity index is 1.52. The fourth-order valence-corrected chi connectivity index (χ4v) is 4.59. The lowest BCUT2D eigenvalue weighted by Gasteiger charge is -2.45. The summed E-state index contributed by atoms with van der Waals surface area (Å²) in [5.41, 5.74) is 6.07. The van der Waals surface area contributed by atoms with Gasteiger partial charge in [-0.1, -0.05) is 48.5 Å². The minimum Gasteiger partial charge on any atom is -0.368 e. The highest BCUT2D eigenvalue weighted by atomic mass is 15.0. The molecule has 3 nitrogen and oxygen atoms in total. The first-order valence-electron chi connectivity index (χ1n) is 8.59. The summed E-state index contributed by atoms with van der Waals surface area (Å²) in [6, 6.07) is 18.0. The fourth-order valence-electron chi connectivity index (χ4n) is 4.59. The molecule has 24 heavy (non-hydrogen) atoms. The summed E-state index contributed by atoms with van der Waals surface area (Å²) in [4.78, 5) is 8.48. The molecule has 1 aromatic heterocycles. The van der Waals surface area contributed by atoms with Gasteiger partial charge in [-0.3, -0.25) is 4.98 Å². The highest BCUT2D eigenvalue weighted by Gasteiger charge is 2.42. The van der Waals surface area contributed by atoms with Crippen LogP contribution in [-0.2, 0) is 0 Å². The van der Waals surface area contributed by atoms with E-state index in [0.717, 1.165) is 12.4 Å². The lowest BCUT2D eigenvalue weighted by Crippen LogP contribution is -2.35. The Morgan fingerprint density at radius 3 is 2.17 bits per heavy atom. The van der Waals surface area contributed by atoms with E-state index >= 15 is 0 Å². The molecule has 1 unspecified atom stereocenters. The highest BCUT2D eigenvalue weighted by molar-refractivity contribution is 5.56. The van der Waals surface area contributed by atoms with Crippen molar-refractivity contribution in [2.24, 2.45) is 5.92 Å². The van der Waals surface area contributed by atoms with Crippen LogP contribution in [0, 0.1) is 5.92 Å². The van der Waals surface area contributed by atoms with Crippen molar-refractivity contribution < 1.29 is 0 Å². The maximum absolute atomic E-state index is 4.34. The fraction of sp³-hybridized carbons (Fsp3) is 0.238. The van der Waals surface area contributed by atoms with Crippen molar-refractivity contribution in [3.63, 3.8) is 0 Å². The van der Waals surface area contributed by atoms with E-state index in [-0.39, 0.29) is 0 Å². The van der Waals surface area contributed by atoms with Crippen LogP contribution in [0.5, 0.6) is 0 Å². The van der Waals surface area contributed by atoms with E-state index in [9.17, 15) is 0 Å². The number of hydrogen-bond donors (Lipinski definition) is 1. The van der Waals surface area contributed by atoms with E-state index in [1.807, 2.05) is 0 Å². The molecule has 1 atom stereocenters. The van der Waals surface area contributed by atoms with Crippen LogP contribution in [0.4, 0.5) is 5.82 Å². The smallest absolute Gasteiger partial charge is 0.144 e. The van der Waals surface area contributed by atoms with Crippen molar-refractivity contribution in [3.8, 4) is 0 Å². The van der Waals surface area contributed by atoms with Gasteiger partial charge in [0.15, 0.2) is 0 Å². The summed E-state index contributed by atoms with van der Waals surface area (Å²) in [5.74, 6) is 2.45. The molecule has 2 aromatic carbocycles. The molecule has 1 N–H and O–H groups in total.